The fourth-order valence-corrected chi connectivity index (χ4v) is 2.39. The Labute approximate surface area is 109 Å². The first-order chi connectivity index (χ1) is 7.97. The molecule has 1 aromatic heterocycles. The molecule has 0 unspecified atom stereocenters. The van der Waals surface area contributed by atoms with Crippen LogP contribution in [0.3, 0.4) is 0 Å². The Morgan fingerprint density at radius 1 is 1.59 bits per heavy atom. The van der Waals surface area contributed by atoms with E-state index in [-0.39, 0.29) is 5.92 Å². The highest BCUT2D eigenvalue weighted by molar-refractivity contribution is 7.12. The van der Waals surface area contributed by atoms with Crippen LogP contribution in [0, 0.1) is 5.92 Å². The number of carbonyl (C=O) groups excluding carboxylic acids is 1. The van der Waals surface area contributed by atoms with Crippen molar-refractivity contribution in [3.05, 3.63) is 21.3 Å². The van der Waals surface area contributed by atoms with Crippen LogP contribution >= 0.6 is 22.9 Å². The van der Waals surface area contributed by atoms with Crippen LogP contribution in [-0.2, 0) is 4.79 Å². The zero-order chi connectivity index (χ0) is 13.0. The molecule has 2 N–H and O–H groups in total. The van der Waals surface area contributed by atoms with Crippen LogP contribution in [0.1, 0.15) is 29.9 Å². The first kappa shape index (κ1) is 14.0. The lowest BCUT2D eigenvalue weighted by Crippen LogP contribution is -2.44. The monoisotopic (exact) mass is 275 g/mol. The minimum atomic E-state index is -1.03. The molecule has 0 saturated carbocycles. The van der Waals surface area contributed by atoms with Crippen molar-refractivity contribution in [2.45, 2.75) is 26.3 Å². The highest BCUT2D eigenvalue weighted by Crippen LogP contribution is 2.22. The topological polar surface area (TPSA) is 66.4 Å². The Morgan fingerprint density at radius 3 is 2.65 bits per heavy atom. The zero-order valence-electron chi connectivity index (χ0n) is 9.57. The largest absolute Gasteiger partial charge is 0.480 e. The van der Waals surface area contributed by atoms with Gasteiger partial charge >= 0.3 is 5.97 Å². The molecule has 0 spiro atoms. The molecule has 2 atom stereocenters. The third-order valence-corrected chi connectivity index (χ3v) is 3.93. The van der Waals surface area contributed by atoms with Gasteiger partial charge in [0.1, 0.15) is 10.9 Å². The van der Waals surface area contributed by atoms with Crippen molar-refractivity contribution >= 4 is 34.8 Å². The third-order valence-electron chi connectivity index (χ3n) is 2.59. The highest BCUT2D eigenvalue weighted by atomic mass is 35.5. The fourth-order valence-electron chi connectivity index (χ4n) is 1.35. The maximum Gasteiger partial charge on any atom is 0.326 e. The Morgan fingerprint density at radius 2 is 2.24 bits per heavy atom. The van der Waals surface area contributed by atoms with Crippen molar-refractivity contribution in [2.24, 2.45) is 5.92 Å². The number of thiophene rings is 1. The Balaban J connectivity index is 2.78. The van der Waals surface area contributed by atoms with Crippen LogP contribution in [0.15, 0.2) is 11.4 Å². The number of amides is 1. The van der Waals surface area contributed by atoms with Crippen LogP contribution in [-0.4, -0.2) is 23.0 Å². The molecule has 0 aromatic carbocycles. The first-order valence-corrected chi connectivity index (χ1v) is 6.49. The SMILES string of the molecule is CC[C@H](C)[C@H](NC(=O)c1sccc1Cl)C(=O)O. The van der Waals surface area contributed by atoms with E-state index >= 15 is 0 Å². The second kappa shape index (κ2) is 6.02. The van der Waals surface area contributed by atoms with Crippen molar-refractivity contribution in [3.8, 4) is 0 Å². The van der Waals surface area contributed by atoms with Crippen LogP contribution in [0.25, 0.3) is 0 Å². The molecular weight excluding hydrogens is 262 g/mol. The molecule has 0 fully saturated rings. The standard InChI is InChI=1S/C11H14ClNO3S/c1-3-6(2)8(11(15)16)13-10(14)9-7(12)4-5-17-9/h4-6,8H,3H2,1-2H3,(H,13,14)(H,15,16)/t6-,8-/m0/s1. The van der Waals surface area contributed by atoms with Crippen molar-refractivity contribution < 1.29 is 14.7 Å². The van der Waals surface area contributed by atoms with E-state index in [0.29, 0.717) is 16.3 Å². The number of hydrogen-bond acceptors (Lipinski definition) is 3. The second-order valence-corrected chi connectivity index (χ2v) is 5.10. The van der Waals surface area contributed by atoms with Crippen LogP contribution in [0.4, 0.5) is 0 Å². The predicted octanol–water partition coefficient (Wildman–Crippen LogP) is 2.63. The summed E-state index contributed by atoms with van der Waals surface area (Å²) < 4.78 is 0. The summed E-state index contributed by atoms with van der Waals surface area (Å²) in [5.74, 6) is -1.59. The number of carboxylic acids is 1. The van der Waals surface area contributed by atoms with Gasteiger partial charge in [-0.05, 0) is 17.4 Å². The second-order valence-electron chi connectivity index (χ2n) is 3.77. The van der Waals surface area contributed by atoms with E-state index in [1.54, 1.807) is 18.4 Å². The van der Waals surface area contributed by atoms with Gasteiger partial charge in [-0.2, -0.15) is 0 Å². The van der Waals surface area contributed by atoms with Gasteiger partial charge in [-0.15, -0.1) is 11.3 Å². The molecule has 1 rings (SSSR count). The Hall–Kier alpha value is -1.07. The van der Waals surface area contributed by atoms with E-state index in [2.05, 4.69) is 5.32 Å². The molecule has 17 heavy (non-hydrogen) atoms. The first-order valence-electron chi connectivity index (χ1n) is 5.24. The molecule has 0 aliphatic carbocycles. The number of hydrogen-bond donors (Lipinski definition) is 2. The number of aliphatic carboxylic acids is 1. The van der Waals surface area contributed by atoms with E-state index in [4.69, 9.17) is 16.7 Å². The summed E-state index contributed by atoms with van der Waals surface area (Å²) in [6.07, 6.45) is 0.676. The lowest BCUT2D eigenvalue weighted by Gasteiger charge is -2.19. The molecule has 0 aliphatic rings. The summed E-state index contributed by atoms with van der Waals surface area (Å²) in [4.78, 5) is 23.2. The summed E-state index contributed by atoms with van der Waals surface area (Å²) in [7, 11) is 0. The molecule has 6 heteroatoms. The van der Waals surface area contributed by atoms with Gasteiger partial charge in [-0.25, -0.2) is 4.79 Å². The van der Waals surface area contributed by atoms with Gasteiger partial charge in [-0.1, -0.05) is 31.9 Å². The quantitative estimate of drug-likeness (QED) is 0.868. The average Bonchev–Trinajstić information content (AvgIpc) is 2.70. The van der Waals surface area contributed by atoms with Gasteiger partial charge in [0.2, 0.25) is 0 Å². The van der Waals surface area contributed by atoms with Gasteiger partial charge in [0.05, 0.1) is 5.02 Å². The van der Waals surface area contributed by atoms with Gasteiger partial charge in [0, 0.05) is 0 Å². The van der Waals surface area contributed by atoms with Gasteiger partial charge in [0.25, 0.3) is 5.91 Å². The van der Waals surface area contributed by atoms with Gasteiger partial charge in [0.15, 0.2) is 0 Å². The molecule has 1 amide bonds. The lowest BCUT2D eigenvalue weighted by molar-refractivity contribution is -0.140. The number of carboxylic acid groups (broad SMARTS) is 1. The third kappa shape index (κ3) is 3.44. The van der Waals surface area contributed by atoms with E-state index < -0.39 is 17.9 Å². The van der Waals surface area contributed by atoms with Gasteiger partial charge in [-0.3, -0.25) is 4.79 Å². The van der Waals surface area contributed by atoms with Crippen molar-refractivity contribution in [3.63, 3.8) is 0 Å². The van der Waals surface area contributed by atoms with Gasteiger partial charge < -0.3 is 10.4 Å². The van der Waals surface area contributed by atoms with Crippen molar-refractivity contribution in [1.29, 1.82) is 0 Å². The smallest absolute Gasteiger partial charge is 0.326 e. The summed E-state index contributed by atoms with van der Waals surface area (Å²) in [5.41, 5.74) is 0. The zero-order valence-corrected chi connectivity index (χ0v) is 11.1. The van der Waals surface area contributed by atoms with E-state index in [1.807, 2.05) is 6.92 Å². The van der Waals surface area contributed by atoms with E-state index in [0.717, 1.165) is 0 Å². The number of carbonyl (C=O) groups is 2. The summed E-state index contributed by atoms with van der Waals surface area (Å²) in [5, 5.41) is 13.6. The van der Waals surface area contributed by atoms with Crippen molar-refractivity contribution in [2.75, 3.05) is 0 Å². The van der Waals surface area contributed by atoms with Crippen LogP contribution < -0.4 is 5.32 Å². The maximum absolute atomic E-state index is 11.8. The number of rotatable bonds is 5. The number of nitrogens with one attached hydrogen (secondary N) is 1. The minimum Gasteiger partial charge on any atom is -0.480 e. The maximum atomic E-state index is 11.8. The molecular formula is C11H14ClNO3S. The summed E-state index contributed by atoms with van der Waals surface area (Å²) >= 11 is 7.01. The van der Waals surface area contributed by atoms with E-state index in [1.165, 1.54) is 11.3 Å². The van der Waals surface area contributed by atoms with E-state index in [9.17, 15) is 9.59 Å². The van der Waals surface area contributed by atoms with Crippen molar-refractivity contribution in [1.82, 2.24) is 5.32 Å². The lowest BCUT2D eigenvalue weighted by atomic mass is 9.99. The normalized spacial score (nSPS) is 14.1. The Bertz CT molecular complexity index is 419. The molecule has 0 bridgehead atoms. The molecule has 94 valence electrons. The number of halogens is 1. The Kier molecular flexibility index (Phi) is 4.96. The molecule has 1 aromatic rings. The fraction of sp³-hybridized carbons (Fsp3) is 0.455. The summed E-state index contributed by atoms with van der Waals surface area (Å²) in [6, 6.07) is 0.728. The molecule has 0 radical (unpaired) electrons. The molecule has 0 saturated heterocycles. The van der Waals surface area contributed by atoms with Crippen LogP contribution in [0.5, 0.6) is 0 Å². The average molecular weight is 276 g/mol. The highest BCUT2D eigenvalue weighted by Gasteiger charge is 2.26. The molecule has 4 nitrogen and oxygen atoms in total. The van der Waals surface area contributed by atoms with Crippen LogP contribution in [0.2, 0.25) is 5.02 Å². The summed E-state index contributed by atoms with van der Waals surface area (Å²) in [6.45, 7) is 3.67. The molecule has 1 heterocycles. The minimum absolute atomic E-state index is 0.129. The molecule has 0 aliphatic heterocycles. The predicted molar refractivity (Wildman–Crippen MR) is 67.7 cm³/mol.